The molecule has 0 spiro atoms. The molecule has 1 saturated heterocycles. The predicted molar refractivity (Wildman–Crippen MR) is 63.2 cm³/mol. The summed E-state index contributed by atoms with van der Waals surface area (Å²) in [6.07, 6.45) is 7.03. The minimum absolute atomic E-state index is 0.272. The van der Waals surface area contributed by atoms with Crippen molar-refractivity contribution in [2.24, 2.45) is 11.8 Å². The maximum absolute atomic E-state index is 12.0. The average molecular weight is 225 g/mol. The van der Waals surface area contributed by atoms with E-state index in [1.807, 2.05) is 0 Å². The van der Waals surface area contributed by atoms with Crippen molar-refractivity contribution in [3.05, 3.63) is 0 Å². The summed E-state index contributed by atoms with van der Waals surface area (Å²) in [4.78, 5) is 14.3. The maximum Gasteiger partial charge on any atom is 0.149 e. The minimum atomic E-state index is 0.272. The van der Waals surface area contributed by atoms with Gasteiger partial charge < -0.3 is 5.11 Å². The van der Waals surface area contributed by atoms with Crippen molar-refractivity contribution in [3.63, 3.8) is 0 Å². The van der Waals surface area contributed by atoms with Crippen LogP contribution in [0.2, 0.25) is 0 Å². The van der Waals surface area contributed by atoms with Crippen LogP contribution in [0.15, 0.2) is 0 Å². The third-order valence-electron chi connectivity index (χ3n) is 4.07. The van der Waals surface area contributed by atoms with Gasteiger partial charge in [-0.05, 0) is 31.7 Å². The summed E-state index contributed by atoms with van der Waals surface area (Å²) in [6, 6.07) is 0. The number of Topliss-reactive ketones (excluding diaryl/α,β-unsaturated/α-hetero) is 1. The number of rotatable bonds is 4. The molecule has 1 aliphatic heterocycles. The highest BCUT2D eigenvalue weighted by Crippen LogP contribution is 2.25. The van der Waals surface area contributed by atoms with Crippen molar-refractivity contribution in [2.45, 2.75) is 38.5 Å². The van der Waals surface area contributed by atoms with Crippen LogP contribution in [0.25, 0.3) is 0 Å². The summed E-state index contributed by atoms with van der Waals surface area (Å²) < 4.78 is 0. The fraction of sp³-hybridized carbons (Fsp3) is 0.923. The standard InChI is InChI=1S/C13H23NO2/c15-10-11-6-7-14(8-11)9-13(16)12-4-2-1-3-5-12/h11-12,15H,1-10H2. The molecule has 1 saturated carbocycles. The second-order valence-electron chi connectivity index (χ2n) is 5.37. The zero-order chi connectivity index (χ0) is 11.4. The van der Waals surface area contributed by atoms with Crippen LogP contribution in [0.1, 0.15) is 38.5 Å². The molecule has 2 rings (SSSR count). The molecule has 2 aliphatic rings. The van der Waals surface area contributed by atoms with Gasteiger partial charge in [-0.2, -0.15) is 0 Å². The smallest absolute Gasteiger partial charge is 0.149 e. The van der Waals surface area contributed by atoms with Crippen LogP contribution < -0.4 is 0 Å². The number of carbonyl (C=O) groups is 1. The Bertz CT molecular complexity index is 236. The van der Waals surface area contributed by atoms with Gasteiger partial charge in [0.1, 0.15) is 5.78 Å². The summed E-state index contributed by atoms with van der Waals surface area (Å²) in [7, 11) is 0. The minimum Gasteiger partial charge on any atom is -0.396 e. The Balaban J connectivity index is 1.74. The first-order valence-electron chi connectivity index (χ1n) is 6.65. The van der Waals surface area contributed by atoms with Crippen molar-refractivity contribution in [3.8, 4) is 0 Å². The van der Waals surface area contributed by atoms with Crippen LogP contribution in [0.3, 0.4) is 0 Å². The van der Waals surface area contributed by atoms with E-state index in [0.717, 1.165) is 32.4 Å². The lowest BCUT2D eigenvalue weighted by Crippen LogP contribution is -2.32. The first-order chi connectivity index (χ1) is 7.79. The molecule has 92 valence electrons. The SMILES string of the molecule is O=C(CN1CCC(CO)C1)C1CCCCC1. The second kappa shape index (κ2) is 5.78. The van der Waals surface area contributed by atoms with E-state index in [1.165, 1.54) is 19.3 Å². The Kier molecular flexibility index (Phi) is 4.36. The maximum atomic E-state index is 12.0. The van der Waals surface area contributed by atoms with Gasteiger partial charge in [-0.1, -0.05) is 19.3 Å². The zero-order valence-electron chi connectivity index (χ0n) is 10.0. The van der Waals surface area contributed by atoms with E-state index >= 15 is 0 Å². The highest BCUT2D eigenvalue weighted by atomic mass is 16.3. The van der Waals surface area contributed by atoms with Gasteiger partial charge in [0.25, 0.3) is 0 Å². The van der Waals surface area contributed by atoms with Gasteiger partial charge >= 0.3 is 0 Å². The molecule has 0 aromatic rings. The highest BCUT2D eigenvalue weighted by molar-refractivity contribution is 5.83. The van der Waals surface area contributed by atoms with Crippen molar-refractivity contribution in [1.29, 1.82) is 0 Å². The van der Waals surface area contributed by atoms with E-state index in [1.54, 1.807) is 0 Å². The molecule has 3 nitrogen and oxygen atoms in total. The molecule has 1 atom stereocenters. The fourth-order valence-electron chi connectivity index (χ4n) is 2.98. The monoisotopic (exact) mass is 225 g/mol. The first kappa shape index (κ1) is 12.1. The molecule has 0 bridgehead atoms. The molecule has 0 radical (unpaired) electrons. The Hall–Kier alpha value is -0.410. The van der Waals surface area contributed by atoms with Crippen molar-refractivity contribution in [1.82, 2.24) is 4.90 Å². The van der Waals surface area contributed by atoms with Crippen LogP contribution in [-0.4, -0.2) is 42.0 Å². The lowest BCUT2D eigenvalue weighted by atomic mass is 9.86. The number of carbonyl (C=O) groups excluding carboxylic acids is 1. The van der Waals surface area contributed by atoms with Crippen LogP contribution in [-0.2, 0) is 4.79 Å². The number of likely N-dealkylation sites (tertiary alicyclic amines) is 1. The van der Waals surface area contributed by atoms with Gasteiger partial charge in [0.05, 0.1) is 6.54 Å². The van der Waals surface area contributed by atoms with Crippen molar-refractivity contribution >= 4 is 5.78 Å². The quantitative estimate of drug-likeness (QED) is 0.787. The van der Waals surface area contributed by atoms with Gasteiger partial charge in [-0.25, -0.2) is 0 Å². The molecule has 1 N–H and O–H groups in total. The fourth-order valence-corrected chi connectivity index (χ4v) is 2.98. The van der Waals surface area contributed by atoms with Crippen LogP contribution >= 0.6 is 0 Å². The molecular formula is C13H23NO2. The predicted octanol–water partition coefficient (Wildman–Crippen LogP) is 1.45. The van der Waals surface area contributed by atoms with Crippen LogP contribution in [0.4, 0.5) is 0 Å². The van der Waals surface area contributed by atoms with Crippen molar-refractivity contribution in [2.75, 3.05) is 26.2 Å². The molecule has 1 unspecified atom stereocenters. The van der Waals surface area contributed by atoms with E-state index in [-0.39, 0.29) is 6.61 Å². The van der Waals surface area contributed by atoms with Gasteiger partial charge in [0.2, 0.25) is 0 Å². The lowest BCUT2D eigenvalue weighted by molar-refractivity contribution is -0.124. The molecule has 0 amide bonds. The summed E-state index contributed by atoms with van der Waals surface area (Å²) in [5, 5.41) is 9.06. The van der Waals surface area contributed by atoms with E-state index < -0.39 is 0 Å². The van der Waals surface area contributed by atoms with E-state index in [4.69, 9.17) is 5.11 Å². The van der Waals surface area contributed by atoms with E-state index in [9.17, 15) is 4.79 Å². The molecule has 0 aromatic carbocycles. The largest absolute Gasteiger partial charge is 0.396 e. The summed E-state index contributed by atoms with van der Waals surface area (Å²) in [5.41, 5.74) is 0. The Labute approximate surface area is 97.8 Å². The number of aliphatic hydroxyl groups is 1. The molecule has 2 fully saturated rings. The molecule has 1 aliphatic carbocycles. The molecular weight excluding hydrogens is 202 g/mol. The first-order valence-corrected chi connectivity index (χ1v) is 6.65. The highest BCUT2D eigenvalue weighted by Gasteiger charge is 2.27. The molecule has 0 aromatic heterocycles. The summed E-state index contributed by atoms with van der Waals surface area (Å²) >= 11 is 0. The number of aliphatic hydroxyl groups excluding tert-OH is 1. The van der Waals surface area contributed by atoms with E-state index in [2.05, 4.69) is 4.90 Å². The zero-order valence-corrected chi connectivity index (χ0v) is 10.0. The number of hydrogen-bond donors (Lipinski definition) is 1. The lowest BCUT2D eigenvalue weighted by Gasteiger charge is -2.23. The molecule has 1 heterocycles. The molecule has 3 heteroatoms. The van der Waals surface area contributed by atoms with E-state index in [0.29, 0.717) is 24.2 Å². The second-order valence-corrected chi connectivity index (χ2v) is 5.37. The third-order valence-corrected chi connectivity index (χ3v) is 4.07. The summed E-state index contributed by atoms with van der Waals surface area (Å²) in [5.74, 6) is 1.18. The Morgan fingerprint density at radius 2 is 1.94 bits per heavy atom. The van der Waals surface area contributed by atoms with Gasteiger partial charge in [-0.15, -0.1) is 0 Å². The van der Waals surface area contributed by atoms with Gasteiger partial charge in [0.15, 0.2) is 0 Å². The third kappa shape index (κ3) is 3.05. The number of nitrogens with zero attached hydrogens (tertiary/aromatic N) is 1. The number of hydrogen-bond acceptors (Lipinski definition) is 3. The van der Waals surface area contributed by atoms with Gasteiger partial charge in [0, 0.05) is 19.1 Å². The van der Waals surface area contributed by atoms with Crippen LogP contribution in [0.5, 0.6) is 0 Å². The van der Waals surface area contributed by atoms with Crippen molar-refractivity contribution < 1.29 is 9.90 Å². The Morgan fingerprint density at radius 1 is 1.19 bits per heavy atom. The normalized spacial score (nSPS) is 28.4. The van der Waals surface area contributed by atoms with Gasteiger partial charge in [-0.3, -0.25) is 9.69 Å². The number of ketones is 1. The molecule has 16 heavy (non-hydrogen) atoms. The van der Waals surface area contributed by atoms with Crippen LogP contribution in [0, 0.1) is 11.8 Å². The Morgan fingerprint density at radius 3 is 2.56 bits per heavy atom. The topological polar surface area (TPSA) is 40.5 Å². The average Bonchev–Trinajstić information content (AvgIpc) is 2.78. The summed E-state index contributed by atoms with van der Waals surface area (Å²) in [6.45, 7) is 2.80.